The normalized spacial score (nSPS) is 11.3. The Hall–Kier alpha value is -2.99. The number of benzene rings is 2. The quantitative estimate of drug-likeness (QED) is 0.711. The van der Waals surface area contributed by atoms with Crippen LogP contribution in [0.5, 0.6) is 0 Å². The minimum atomic E-state index is -1.08. The highest BCUT2D eigenvalue weighted by molar-refractivity contribution is 7.84. The van der Waals surface area contributed by atoms with Gasteiger partial charge in [-0.2, -0.15) is 0 Å². The molecule has 0 aromatic heterocycles. The third-order valence-corrected chi connectivity index (χ3v) is 4.76. The fraction of sp³-hybridized carbons (Fsp3) is 0.143. The zero-order valence-corrected chi connectivity index (χ0v) is 16.0. The van der Waals surface area contributed by atoms with Gasteiger partial charge in [0.1, 0.15) is 0 Å². The highest BCUT2D eigenvalue weighted by Gasteiger charge is 2.13. The van der Waals surface area contributed by atoms with E-state index in [1.54, 1.807) is 71.8 Å². The number of rotatable bonds is 8. The molecule has 140 valence electrons. The van der Waals surface area contributed by atoms with Crippen LogP contribution in [-0.2, 0) is 10.8 Å². The van der Waals surface area contributed by atoms with Gasteiger partial charge in [-0.15, -0.1) is 13.2 Å². The third-order valence-electron chi connectivity index (χ3n) is 3.82. The average Bonchev–Trinajstić information content (AvgIpc) is 2.68. The maximum Gasteiger partial charge on any atom is 0.255 e. The van der Waals surface area contributed by atoms with Crippen LogP contribution in [0.15, 0.2) is 78.7 Å². The Morgan fingerprint density at radius 2 is 1.48 bits per heavy atom. The average molecular weight is 382 g/mol. The molecule has 0 aliphatic rings. The lowest BCUT2D eigenvalue weighted by molar-refractivity contribution is 0.0790. The molecule has 0 fully saturated rings. The fourth-order valence-electron chi connectivity index (χ4n) is 2.43. The summed E-state index contributed by atoms with van der Waals surface area (Å²) in [5.74, 6) is -0.404. The van der Waals surface area contributed by atoms with Crippen LogP contribution in [0.25, 0.3) is 0 Å². The van der Waals surface area contributed by atoms with E-state index < -0.39 is 10.8 Å². The van der Waals surface area contributed by atoms with E-state index in [0.29, 0.717) is 34.8 Å². The molecule has 0 spiro atoms. The largest absolute Gasteiger partial charge is 0.331 e. The highest BCUT2D eigenvalue weighted by Crippen LogP contribution is 2.14. The fourth-order valence-corrected chi connectivity index (χ4v) is 2.95. The van der Waals surface area contributed by atoms with Crippen LogP contribution >= 0.6 is 0 Å². The maximum absolute atomic E-state index is 12.5. The Morgan fingerprint density at radius 3 is 1.96 bits per heavy atom. The van der Waals surface area contributed by atoms with Crippen molar-refractivity contribution in [2.24, 2.45) is 0 Å². The Labute approximate surface area is 161 Å². The minimum Gasteiger partial charge on any atom is -0.331 e. The molecule has 2 amide bonds. The molecular weight excluding hydrogens is 360 g/mol. The number of hydrogen-bond acceptors (Lipinski definition) is 3. The van der Waals surface area contributed by atoms with Gasteiger partial charge in [0.2, 0.25) is 0 Å². The number of nitrogens with one attached hydrogen (secondary N) is 1. The second kappa shape index (κ2) is 9.64. The molecule has 2 rings (SSSR count). The zero-order valence-electron chi connectivity index (χ0n) is 15.2. The van der Waals surface area contributed by atoms with Gasteiger partial charge in [-0.1, -0.05) is 12.2 Å². The van der Waals surface area contributed by atoms with Crippen molar-refractivity contribution in [3.8, 4) is 0 Å². The van der Waals surface area contributed by atoms with Crippen LogP contribution in [0.2, 0.25) is 0 Å². The summed E-state index contributed by atoms with van der Waals surface area (Å²) in [5.41, 5.74) is 1.57. The highest BCUT2D eigenvalue weighted by atomic mass is 32.2. The summed E-state index contributed by atoms with van der Waals surface area (Å²) in [7, 11) is -1.08. The lowest BCUT2D eigenvalue weighted by Gasteiger charge is -2.19. The van der Waals surface area contributed by atoms with E-state index in [1.807, 2.05) is 0 Å². The standard InChI is InChI=1S/C21H22N2O3S/c1-4-14-23(15-5-2)21(25)17-6-10-18(11-7-17)22-20(24)16-8-12-19(13-9-16)27(3)26/h4-13H,1-2,14-15H2,3H3,(H,22,24). The number of nitrogens with zero attached hydrogens (tertiary/aromatic N) is 1. The first kappa shape index (κ1) is 20.3. The minimum absolute atomic E-state index is 0.129. The summed E-state index contributed by atoms with van der Waals surface area (Å²) in [5, 5.41) is 2.78. The molecular formula is C21H22N2O3S. The first-order chi connectivity index (χ1) is 13.0. The number of amides is 2. The zero-order chi connectivity index (χ0) is 19.8. The van der Waals surface area contributed by atoms with Gasteiger partial charge in [-0.3, -0.25) is 13.8 Å². The number of carbonyl (C=O) groups excluding carboxylic acids is 2. The van der Waals surface area contributed by atoms with Gasteiger partial charge in [0.05, 0.1) is 0 Å². The number of carbonyl (C=O) groups is 2. The molecule has 0 saturated carbocycles. The molecule has 0 aliphatic carbocycles. The Morgan fingerprint density at radius 1 is 0.963 bits per heavy atom. The summed E-state index contributed by atoms with van der Waals surface area (Å²) in [4.78, 5) is 27.1. The van der Waals surface area contributed by atoms with Gasteiger partial charge < -0.3 is 10.2 Å². The lowest BCUT2D eigenvalue weighted by atomic mass is 10.1. The Bertz CT molecular complexity index is 848. The number of anilines is 1. The third kappa shape index (κ3) is 5.49. The van der Waals surface area contributed by atoms with E-state index in [1.165, 1.54) is 0 Å². The number of hydrogen-bond donors (Lipinski definition) is 1. The summed E-state index contributed by atoms with van der Waals surface area (Å²) in [6, 6.07) is 13.3. The van der Waals surface area contributed by atoms with E-state index in [9.17, 15) is 13.8 Å². The first-order valence-corrected chi connectivity index (χ1v) is 9.88. The molecule has 0 radical (unpaired) electrons. The summed E-state index contributed by atoms with van der Waals surface area (Å²) in [6.45, 7) is 8.18. The van der Waals surface area contributed by atoms with E-state index in [-0.39, 0.29) is 11.8 Å². The molecule has 1 atom stereocenters. The van der Waals surface area contributed by atoms with Crippen molar-refractivity contribution < 1.29 is 13.8 Å². The van der Waals surface area contributed by atoms with E-state index >= 15 is 0 Å². The van der Waals surface area contributed by atoms with Crippen molar-refractivity contribution in [1.82, 2.24) is 4.90 Å². The van der Waals surface area contributed by atoms with Crippen LogP contribution in [0.4, 0.5) is 5.69 Å². The van der Waals surface area contributed by atoms with Crippen molar-refractivity contribution in [2.75, 3.05) is 24.7 Å². The molecule has 1 N–H and O–H groups in total. The van der Waals surface area contributed by atoms with Gasteiger partial charge >= 0.3 is 0 Å². The van der Waals surface area contributed by atoms with Crippen molar-refractivity contribution in [2.45, 2.75) is 4.90 Å². The van der Waals surface area contributed by atoms with Crippen molar-refractivity contribution in [1.29, 1.82) is 0 Å². The van der Waals surface area contributed by atoms with E-state index in [2.05, 4.69) is 18.5 Å². The molecule has 0 aliphatic heterocycles. The van der Waals surface area contributed by atoms with Gasteiger partial charge in [-0.05, 0) is 48.5 Å². The van der Waals surface area contributed by atoms with Crippen molar-refractivity contribution in [3.05, 3.63) is 85.0 Å². The van der Waals surface area contributed by atoms with Crippen LogP contribution in [-0.4, -0.2) is 40.3 Å². The van der Waals surface area contributed by atoms with Crippen molar-refractivity contribution >= 4 is 28.3 Å². The van der Waals surface area contributed by atoms with Crippen molar-refractivity contribution in [3.63, 3.8) is 0 Å². The topological polar surface area (TPSA) is 66.5 Å². The summed E-state index contributed by atoms with van der Waals surface area (Å²) in [6.07, 6.45) is 4.91. The maximum atomic E-state index is 12.5. The Balaban J connectivity index is 2.07. The van der Waals surface area contributed by atoms with E-state index in [0.717, 1.165) is 0 Å². The summed E-state index contributed by atoms with van der Waals surface area (Å²) < 4.78 is 11.4. The smallest absolute Gasteiger partial charge is 0.255 e. The van der Waals surface area contributed by atoms with Gasteiger partial charge in [0.15, 0.2) is 0 Å². The second-order valence-corrected chi connectivity index (χ2v) is 7.18. The molecule has 6 heteroatoms. The van der Waals surface area contributed by atoms with Gasteiger partial charge in [0.25, 0.3) is 11.8 Å². The van der Waals surface area contributed by atoms with Crippen LogP contribution in [0.1, 0.15) is 20.7 Å². The summed E-state index contributed by atoms with van der Waals surface area (Å²) >= 11 is 0. The van der Waals surface area contributed by atoms with Gasteiger partial charge in [0, 0.05) is 51.9 Å². The SMILES string of the molecule is C=CCN(CC=C)C(=O)c1ccc(NC(=O)c2ccc(S(C)=O)cc2)cc1. The molecule has 0 heterocycles. The molecule has 27 heavy (non-hydrogen) atoms. The van der Waals surface area contributed by atoms with Crippen LogP contribution < -0.4 is 5.32 Å². The monoisotopic (exact) mass is 382 g/mol. The molecule has 2 aromatic carbocycles. The molecule has 5 nitrogen and oxygen atoms in total. The molecule has 2 aromatic rings. The van der Waals surface area contributed by atoms with Gasteiger partial charge in [-0.25, -0.2) is 0 Å². The lowest BCUT2D eigenvalue weighted by Crippen LogP contribution is -2.31. The predicted octanol–water partition coefficient (Wildman–Crippen LogP) is 3.49. The second-order valence-electron chi connectivity index (χ2n) is 5.80. The Kier molecular flexibility index (Phi) is 7.25. The molecule has 0 saturated heterocycles. The first-order valence-electron chi connectivity index (χ1n) is 8.32. The van der Waals surface area contributed by atoms with Crippen LogP contribution in [0, 0.1) is 0 Å². The predicted molar refractivity (Wildman–Crippen MR) is 109 cm³/mol. The molecule has 0 bridgehead atoms. The van der Waals surface area contributed by atoms with E-state index in [4.69, 9.17) is 0 Å². The van der Waals surface area contributed by atoms with Crippen LogP contribution in [0.3, 0.4) is 0 Å². The molecule has 1 unspecified atom stereocenters.